The zero-order chi connectivity index (χ0) is 16.7. The highest BCUT2D eigenvalue weighted by Gasteiger charge is 2.28. The van der Waals surface area contributed by atoms with Crippen molar-refractivity contribution in [2.45, 2.75) is 25.7 Å². The predicted octanol–water partition coefficient (Wildman–Crippen LogP) is 2.87. The Kier molecular flexibility index (Phi) is 8.24. The van der Waals surface area contributed by atoms with E-state index in [2.05, 4.69) is 22.1 Å². The van der Waals surface area contributed by atoms with Crippen LogP contribution < -0.4 is 5.73 Å². The average molecular weight is 363 g/mol. The molecule has 1 aromatic heterocycles. The van der Waals surface area contributed by atoms with Crippen LogP contribution in [0.3, 0.4) is 0 Å². The number of nitrogens with zero attached hydrogens (tertiary/aromatic N) is 3. The first-order valence-electron chi connectivity index (χ1n) is 7.51. The van der Waals surface area contributed by atoms with Gasteiger partial charge < -0.3 is 5.73 Å². The number of rotatable bonds is 8. The van der Waals surface area contributed by atoms with E-state index >= 15 is 0 Å². The summed E-state index contributed by atoms with van der Waals surface area (Å²) in [5.41, 5.74) is 7.61. The lowest BCUT2D eigenvalue weighted by atomic mass is 10.1. The van der Waals surface area contributed by atoms with Crippen LogP contribution in [0.25, 0.3) is 0 Å². The summed E-state index contributed by atoms with van der Waals surface area (Å²) in [6.07, 6.45) is -0.456. The van der Waals surface area contributed by atoms with Gasteiger partial charge in [0.25, 0.3) is 0 Å². The Morgan fingerprint density at radius 2 is 1.79 bits per heavy atom. The van der Waals surface area contributed by atoms with Crippen LogP contribution in [-0.4, -0.2) is 40.5 Å². The van der Waals surface area contributed by atoms with Crippen LogP contribution >= 0.6 is 12.4 Å². The van der Waals surface area contributed by atoms with Crippen LogP contribution in [0.15, 0.2) is 42.7 Å². The molecule has 0 aliphatic rings. The zero-order valence-electron chi connectivity index (χ0n) is 13.2. The molecule has 2 rings (SSSR count). The van der Waals surface area contributed by atoms with E-state index in [-0.39, 0.29) is 12.4 Å². The van der Waals surface area contributed by atoms with Crippen molar-refractivity contribution in [1.82, 2.24) is 14.7 Å². The van der Waals surface area contributed by atoms with E-state index in [1.807, 2.05) is 18.2 Å². The molecule has 0 spiro atoms. The number of hydrogen-bond donors (Lipinski definition) is 1. The molecule has 134 valence electrons. The molecule has 8 heteroatoms. The van der Waals surface area contributed by atoms with Crippen molar-refractivity contribution in [1.29, 1.82) is 0 Å². The van der Waals surface area contributed by atoms with Crippen LogP contribution in [0.5, 0.6) is 0 Å². The Balaban J connectivity index is 0.00000288. The van der Waals surface area contributed by atoms with E-state index in [1.54, 1.807) is 0 Å². The van der Waals surface area contributed by atoms with Crippen LogP contribution in [0.4, 0.5) is 13.2 Å². The standard InChI is InChI=1S/C16H21F3N4.ClH/c17-16(18,19)13-23-12-15(10-21-23)11-22(9-7-20)8-6-14-4-2-1-3-5-14;/h1-5,10,12H,6-9,11,13,20H2;1H. The third-order valence-electron chi connectivity index (χ3n) is 3.44. The van der Waals surface area contributed by atoms with Gasteiger partial charge in [0.1, 0.15) is 6.54 Å². The number of halogens is 4. The molecule has 0 aliphatic carbocycles. The fourth-order valence-corrected chi connectivity index (χ4v) is 2.40. The second-order valence-electron chi connectivity index (χ2n) is 5.46. The lowest BCUT2D eigenvalue weighted by Gasteiger charge is -2.20. The molecule has 0 saturated carbocycles. The highest BCUT2D eigenvalue weighted by Crippen LogP contribution is 2.17. The van der Waals surface area contributed by atoms with Gasteiger partial charge in [-0.3, -0.25) is 9.58 Å². The molecule has 1 heterocycles. The average Bonchev–Trinajstić information content (AvgIpc) is 2.91. The molecule has 2 aromatic rings. The summed E-state index contributed by atoms with van der Waals surface area (Å²) < 4.78 is 38.0. The minimum absolute atomic E-state index is 0. The lowest BCUT2D eigenvalue weighted by Crippen LogP contribution is -2.31. The minimum Gasteiger partial charge on any atom is -0.329 e. The van der Waals surface area contributed by atoms with Crippen LogP contribution in [-0.2, 0) is 19.5 Å². The molecule has 0 radical (unpaired) electrons. The van der Waals surface area contributed by atoms with E-state index in [1.165, 1.54) is 18.0 Å². The maximum Gasteiger partial charge on any atom is 0.408 e. The summed E-state index contributed by atoms with van der Waals surface area (Å²) in [5, 5.41) is 3.77. The maximum atomic E-state index is 12.4. The number of nitrogens with two attached hydrogens (primary N) is 1. The molecule has 0 aliphatic heterocycles. The van der Waals surface area contributed by atoms with Gasteiger partial charge in [0, 0.05) is 37.9 Å². The quantitative estimate of drug-likeness (QED) is 0.785. The maximum absolute atomic E-state index is 12.4. The van der Waals surface area contributed by atoms with Crippen molar-refractivity contribution in [3.05, 3.63) is 53.9 Å². The highest BCUT2D eigenvalue weighted by molar-refractivity contribution is 5.85. The van der Waals surface area contributed by atoms with Gasteiger partial charge >= 0.3 is 6.18 Å². The van der Waals surface area contributed by atoms with Crippen LogP contribution in [0.2, 0.25) is 0 Å². The van der Waals surface area contributed by atoms with Gasteiger partial charge in [-0.05, 0) is 12.0 Å². The monoisotopic (exact) mass is 362 g/mol. The lowest BCUT2D eigenvalue weighted by molar-refractivity contribution is -0.142. The second-order valence-corrected chi connectivity index (χ2v) is 5.46. The number of alkyl halides is 3. The van der Waals surface area contributed by atoms with Gasteiger partial charge in [-0.25, -0.2) is 0 Å². The Morgan fingerprint density at radius 1 is 1.08 bits per heavy atom. The molecule has 4 nitrogen and oxygen atoms in total. The van der Waals surface area contributed by atoms with Crippen molar-refractivity contribution in [2.75, 3.05) is 19.6 Å². The minimum atomic E-state index is -4.26. The fraction of sp³-hybridized carbons (Fsp3) is 0.438. The van der Waals surface area contributed by atoms with Crippen LogP contribution in [0.1, 0.15) is 11.1 Å². The summed E-state index contributed by atoms with van der Waals surface area (Å²) in [6.45, 7) is 1.48. The van der Waals surface area contributed by atoms with Gasteiger partial charge in [0.05, 0.1) is 6.20 Å². The molecule has 0 unspecified atom stereocenters. The topological polar surface area (TPSA) is 47.1 Å². The molecular formula is C16H22ClF3N4. The Bertz CT molecular complexity index is 587. The Hall–Kier alpha value is -1.57. The molecular weight excluding hydrogens is 341 g/mol. The first kappa shape index (κ1) is 20.5. The second kappa shape index (κ2) is 9.66. The third-order valence-corrected chi connectivity index (χ3v) is 3.44. The molecule has 0 saturated heterocycles. The fourth-order valence-electron chi connectivity index (χ4n) is 2.40. The van der Waals surface area contributed by atoms with E-state index < -0.39 is 12.7 Å². The third kappa shape index (κ3) is 7.33. The SMILES string of the molecule is Cl.NCCN(CCc1ccccc1)Cc1cnn(CC(F)(F)F)c1. The summed E-state index contributed by atoms with van der Waals surface area (Å²) >= 11 is 0. The molecule has 0 bridgehead atoms. The van der Waals surface area contributed by atoms with Crippen molar-refractivity contribution < 1.29 is 13.2 Å². The summed E-state index contributed by atoms with van der Waals surface area (Å²) in [7, 11) is 0. The zero-order valence-corrected chi connectivity index (χ0v) is 14.1. The number of hydrogen-bond acceptors (Lipinski definition) is 3. The van der Waals surface area contributed by atoms with Crippen molar-refractivity contribution in [3.63, 3.8) is 0 Å². The molecule has 24 heavy (non-hydrogen) atoms. The normalized spacial score (nSPS) is 11.5. The number of benzene rings is 1. The summed E-state index contributed by atoms with van der Waals surface area (Å²) in [5.74, 6) is 0. The van der Waals surface area contributed by atoms with E-state index in [0.29, 0.717) is 19.6 Å². The largest absolute Gasteiger partial charge is 0.408 e. The molecule has 0 fully saturated rings. The van der Waals surface area contributed by atoms with Gasteiger partial charge in [0.2, 0.25) is 0 Å². The first-order valence-corrected chi connectivity index (χ1v) is 7.51. The van der Waals surface area contributed by atoms with E-state index in [0.717, 1.165) is 23.2 Å². The Labute approximate surface area is 145 Å². The molecule has 1 aromatic carbocycles. The van der Waals surface area contributed by atoms with Gasteiger partial charge in [-0.2, -0.15) is 18.3 Å². The first-order chi connectivity index (χ1) is 11.0. The van der Waals surface area contributed by atoms with Gasteiger partial charge in [-0.15, -0.1) is 12.4 Å². The smallest absolute Gasteiger partial charge is 0.329 e. The van der Waals surface area contributed by atoms with Crippen LogP contribution in [0, 0.1) is 0 Å². The molecule has 0 atom stereocenters. The predicted molar refractivity (Wildman–Crippen MR) is 90.0 cm³/mol. The molecule has 2 N–H and O–H groups in total. The summed E-state index contributed by atoms with van der Waals surface area (Å²) in [6, 6.07) is 10.1. The number of aromatic nitrogens is 2. The van der Waals surface area contributed by atoms with Gasteiger partial charge in [0.15, 0.2) is 0 Å². The highest BCUT2D eigenvalue weighted by atomic mass is 35.5. The van der Waals surface area contributed by atoms with Gasteiger partial charge in [-0.1, -0.05) is 30.3 Å². The Morgan fingerprint density at radius 3 is 2.42 bits per heavy atom. The van der Waals surface area contributed by atoms with Crippen molar-refractivity contribution in [3.8, 4) is 0 Å². The van der Waals surface area contributed by atoms with E-state index in [9.17, 15) is 13.2 Å². The van der Waals surface area contributed by atoms with Crippen molar-refractivity contribution in [2.24, 2.45) is 5.73 Å². The molecule has 0 amide bonds. The van der Waals surface area contributed by atoms with E-state index in [4.69, 9.17) is 5.73 Å². The summed E-state index contributed by atoms with van der Waals surface area (Å²) in [4.78, 5) is 2.13. The van der Waals surface area contributed by atoms with Crippen molar-refractivity contribution >= 4 is 12.4 Å².